The molecule has 0 aliphatic carbocycles. The molecule has 0 unspecified atom stereocenters. The molecular formula is C23H34S2Sn. The summed E-state index contributed by atoms with van der Waals surface area (Å²) in [6, 6.07) is 9.95. The molecule has 3 rings (SSSR count). The molecule has 1 aromatic carbocycles. The number of thiophene rings is 2. The third-order valence-corrected chi connectivity index (χ3v) is 26.1. The van der Waals surface area contributed by atoms with Gasteiger partial charge in [0.2, 0.25) is 0 Å². The number of hydrogen-bond acceptors (Lipinski definition) is 2. The normalized spacial score (nSPS) is 12.5. The first-order valence-corrected chi connectivity index (χ1v) is 19.7. The summed E-state index contributed by atoms with van der Waals surface area (Å²) in [4.78, 5) is 1.43. The summed E-state index contributed by atoms with van der Waals surface area (Å²) in [5.74, 6) is 0. The van der Waals surface area contributed by atoms with Crippen LogP contribution in [0.15, 0.2) is 24.3 Å². The van der Waals surface area contributed by atoms with Gasteiger partial charge in [-0.1, -0.05) is 0 Å². The van der Waals surface area contributed by atoms with Gasteiger partial charge < -0.3 is 0 Å². The standard InChI is InChI=1S/C11H7S2.3C4H9.Sn/c1-7-4-9-6-10-8(2-3-12-10)5-11(9)13-7;3*1-3-4-2;/h2,4-6H,1H3;3*1,3-4H2,2H3;. The van der Waals surface area contributed by atoms with Gasteiger partial charge in [-0.3, -0.25) is 0 Å². The van der Waals surface area contributed by atoms with E-state index in [4.69, 9.17) is 0 Å². The van der Waals surface area contributed by atoms with Crippen molar-refractivity contribution in [1.29, 1.82) is 0 Å². The van der Waals surface area contributed by atoms with Gasteiger partial charge in [-0.15, -0.1) is 0 Å². The Morgan fingerprint density at radius 1 is 0.692 bits per heavy atom. The van der Waals surface area contributed by atoms with E-state index in [-0.39, 0.29) is 0 Å². The minimum atomic E-state index is -2.27. The molecule has 0 atom stereocenters. The van der Waals surface area contributed by atoms with Gasteiger partial charge in [-0.25, -0.2) is 0 Å². The van der Waals surface area contributed by atoms with E-state index in [1.807, 2.05) is 14.2 Å². The summed E-state index contributed by atoms with van der Waals surface area (Å²) in [6.07, 6.45) is 8.43. The summed E-state index contributed by atoms with van der Waals surface area (Å²) in [7, 11) is 0. The fraction of sp³-hybridized carbons (Fsp3) is 0.565. The molecule has 142 valence electrons. The molecule has 0 fully saturated rings. The van der Waals surface area contributed by atoms with Crippen LogP contribution >= 0.6 is 22.7 Å². The van der Waals surface area contributed by atoms with Crippen LogP contribution in [0, 0.1) is 6.92 Å². The first-order chi connectivity index (χ1) is 12.6. The van der Waals surface area contributed by atoms with E-state index in [2.05, 4.69) is 63.3 Å². The number of hydrogen-bond donors (Lipinski definition) is 0. The average Bonchev–Trinajstić information content (AvgIpc) is 3.20. The molecule has 2 aromatic heterocycles. The van der Waals surface area contributed by atoms with Gasteiger partial charge in [0, 0.05) is 0 Å². The number of rotatable bonds is 10. The molecule has 0 aliphatic heterocycles. The molecule has 0 amide bonds. The predicted octanol–water partition coefficient (Wildman–Crippen LogP) is 8.48. The summed E-state index contributed by atoms with van der Waals surface area (Å²) >= 11 is 1.85. The van der Waals surface area contributed by atoms with E-state index in [9.17, 15) is 0 Å². The molecule has 0 aliphatic rings. The Morgan fingerprint density at radius 3 is 1.73 bits per heavy atom. The maximum atomic E-state index is 2.64. The van der Waals surface area contributed by atoms with Crippen LogP contribution in [0.1, 0.15) is 64.2 Å². The Kier molecular flexibility index (Phi) is 7.49. The van der Waals surface area contributed by atoms with E-state index in [1.165, 1.54) is 63.6 Å². The quantitative estimate of drug-likeness (QED) is 0.249. The van der Waals surface area contributed by atoms with E-state index in [1.54, 1.807) is 13.3 Å². The fourth-order valence-corrected chi connectivity index (χ4v) is 25.5. The summed E-state index contributed by atoms with van der Waals surface area (Å²) < 4.78 is 9.60. The van der Waals surface area contributed by atoms with E-state index >= 15 is 0 Å². The number of fused-ring (bicyclic) bond motifs is 2. The van der Waals surface area contributed by atoms with Gasteiger partial charge in [0.25, 0.3) is 0 Å². The predicted molar refractivity (Wildman–Crippen MR) is 126 cm³/mol. The Hall–Kier alpha value is -0.0613. The molecule has 0 saturated heterocycles. The minimum absolute atomic E-state index is 1.36. The van der Waals surface area contributed by atoms with Crippen molar-refractivity contribution in [3.05, 3.63) is 29.1 Å². The Bertz CT molecular complexity index is 770. The van der Waals surface area contributed by atoms with Crippen molar-refractivity contribution < 1.29 is 0 Å². The van der Waals surface area contributed by atoms with Crippen LogP contribution in [0.4, 0.5) is 0 Å². The van der Waals surface area contributed by atoms with Crippen LogP contribution < -0.4 is 2.89 Å². The molecule has 26 heavy (non-hydrogen) atoms. The summed E-state index contributed by atoms with van der Waals surface area (Å²) in [5, 5.41) is 2.97. The number of aryl methyl sites for hydroxylation is 1. The zero-order chi connectivity index (χ0) is 18.6. The van der Waals surface area contributed by atoms with Crippen LogP contribution in [-0.4, -0.2) is 18.4 Å². The van der Waals surface area contributed by atoms with Crippen LogP contribution in [0.3, 0.4) is 0 Å². The van der Waals surface area contributed by atoms with Crippen molar-refractivity contribution in [3.8, 4) is 0 Å². The van der Waals surface area contributed by atoms with Crippen molar-refractivity contribution in [2.75, 3.05) is 0 Å². The molecular weight excluding hydrogens is 459 g/mol. The number of unbranched alkanes of at least 4 members (excludes halogenated alkanes) is 3. The third kappa shape index (κ3) is 4.49. The summed E-state index contributed by atoms with van der Waals surface area (Å²) in [5.41, 5.74) is 0. The zero-order valence-electron chi connectivity index (χ0n) is 17.0. The second kappa shape index (κ2) is 9.43. The van der Waals surface area contributed by atoms with Crippen LogP contribution in [0.2, 0.25) is 13.3 Å². The first kappa shape index (κ1) is 20.7. The molecule has 3 heteroatoms. The molecule has 0 saturated carbocycles. The van der Waals surface area contributed by atoms with E-state index in [0.717, 1.165) is 0 Å². The molecule has 0 nitrogen and oxygen atoms in total. The Labute approximate surface area is 171 Å². The van der Waals surface area contributed by atoms with Crippen molar-refractivity contribution in [2.24, 2.45) is 0 Å². The zero-order valence-corrected chi connectivity index (χ0v) is 21.5. The summed E-state index contributed by atoms with van der Waals surface area (Å²) in [6.45, 7) is 9.35. The maximum absolute atomic E-state index is 2.64. The van der Waals surface area contributed by atoms with E-state index < -0.39 is 18.4 Å². The molecule has 0 N–H and O–H groups in total. The molecule has 0 spiro atoms. The second-order valence-corrected chi connectivity index (χ2v) is 24.5. The SMILES string of the molecule is CCC[CH2][Sn]([CH2]CCC)([CH2]CCC)[c]1cc2cc3sc(C)cc3cc2s1. The van der Waals surface area contributed by atoms with Crippen molar-refractivity contribution in [1.82, 2.24) is 0 Å². The molecule has 3 aromatic rings. The Balaban J connectivity index is 2.04. The van der Waals surface area contributed by atoms with Crippen molar-refractivity contribution >= 4 is 64.1 Å². The van der Waals surface area contributed by atoms with Gasteiger partial charge in [0.05, 0.1) is 0 Å². The average molecular weight is 493 g/mol. The van der Waals surface area contributed by atoms with Crippen molar-refractivity contribution in [2.45, 2.75) is 79.5 Å². The molecule has 0 bridgehead atoms. The second-order valence-electron chi connectivity index (χ2n) is 7.99. The van der Waals surface area contributed by atoms with Gasteiger partial charge in [-0.05, 0) is 0 Å². The number of benzene rings is 1. The van der Waals surface area contributed by atoms with Crippen LogP contribution in [-0.2, 0) is 0 Å². The van der Waals surface area contributed by atoms with Gasteiger partial charge in [-0.2, -0.15) is 0 Å². The first-order valence-electron chi connectivity index (χ1n) is 10.6. The monoisotopic (exact) mass is 494 g/mol. The molecule has 2 heterocycles. The third-order valence-electron chi connectivity index (χ3n) is 5.83. The fourth-order valence-electron chi connectivity index (χ4n) is 4.26. The van der Waals surface area contributed by atoms with Gasteiger partial charge in [0.1, 0.15) is 0 Å². The van der Waals surface area contributed by atoms with Crippen LogP contribution in [0.5, 0.6) is 0 Å². The Morgan fingerprint density at radius 2 is 1.19 bits per heavy atom. The molecule has 0 radical (unpaired) electrons. The van der Waals surface area contributed by atoms with Gasteiger partial charge >= 0.3 is 173 Å². The topological polar surface area (TPSA) is 0 Å². The van der Waals surface area contributed by atoms with Gasteiger partial charge in [0.15, 0.2) is 0 Å². The van der Waals surface area contributed by atoms with E-state index in [0.29, 0.717) is 0 Å². The van der Waals surface area contributed by atoms with Crippen LogP contribution in [0.25, 0.3) is 20.2 Å². The van der Waals surface area contributed by atoms with Crippen molar-refractivity contribution in [3.63, 3.8) is 0 Å².